The van der Waals surface area contributed by atoms with Crippen LogP contribution in [0.2, 0.25) is 0 Å². The molecule has 1 aromatic rings. The summed E-state index contributed by atoms with van der Waals surface area (Å²) in [6.45, 7) is 7.74. The topological polar surface area (TPSA) is 75.7 Å². The van der Waals surface area contributed by atoms with E-state index in [0.29, 0.717) is 18.7 Å². The monoisotopic (exact) mass is 426 g/mol. The third-order valence-corrected chi connectivity index (χ3v) is 4.05. The molecule has 0 saturated carbocycles. The summed E-state index contributed by atoms with van der Waals surface area (Å²) in [7, 11) is 0. The Hall–Kier alpha value is -1.89. The Labute approximate surface area is 163 Å². The van der Waals surface area contributed by atoms with Gasteiger partial charge in [0.1, 0.15) is 5.78 Å². The van der Waals surface area contributed by atoms with Crippen molar-refractivity contribution in [1.29, 1.82) is 0 Å². The maximum atomic E-state index is 12.8. The molecule has 1 rings (SSSR count). The molecule has 0 radical (unpaired) electrons. The average Bonchev–Trinajstić information content (AvgIpc) is 2.54. The van der Waals surface area contributed by atoms with E-state index in [1.54, 1.807) is 24.3 Å². The lowest BCUT2D eigenvalue weighted by Gasteiger charge is -2.27. The number of carbonyl (C=O) groups excluding carboxylic acids is 3. The minimum absolute atomic E-state index is 0.0267. The molecule has 0 aromatic heterocycles. The SMILES string of the molecule is CCCN(CC(C)=O)C(=O)[C@H](CC(C)C)OC(=O)Nc1ccc(Br)cc1. The quantitative estimate of drug-likeness (QED) is 0.640. The zero-order valence-corrected chi connectivity index (χ0v) is 17.3. The minimum atomic E-state index is -0.920. The van der Waals surface area contributed by atoms with Crippen LogP contribution in [0.1, 0.15) is 40.5 Å². The van der Waals surface area contributed by atoms with Crippen molar-refractivity contribution in [3.05, 3.63) is 28.7 Å². The van der Waals surface area contributed by atoms with Crippen molar-refractivity contribution in [3.8, 4) is 0 Å². The van der Waals surface area contributed by atoms with Gasteiger partial charge in [-0.05, 0) is 49.9 Å². The lowest BCUT2D eigenvalue weighted by atomic mass is 10.0. The summed E-state index contributed by atoms with van der Waals surface area (Å²) >= 11 is 3.33. The van der Waals surface area contributed by atoms with Gasteiger partial charge in [0.2, 0.25) is 0 Å². The summed E-state index contributed by atoms with van der Waals surface area (Å²) in [6.07, 6.45) is -0.495. The van der Waals surface area contributed by atoms with E-state index in [-0.39, 0.29) is 24.2 Å². The molecule has 0 unspecified atom stereocenters. The van der Waals surface area contributed by atoms with Crippen LogP contribution in [0.4, 0.5) is 10.5 Å². The lowest BCUT2D eigenvalue weighted by Crippen LogP contribution is -2.44. The molecule has 0 aliphatic rings. The predicted octanol–water partition coefficient (Wildman–Crippen LogP) is 4.24. The first-order chi connectivity index (χ1) is 12.2. The second-order valence-corrected chi connectivity index (χ2v) is 7.53. The van der Waals surface area contributed by atoms with E-state index in [9.17, 15) is 14.4 Å². The van der Waals surface area contributed by atoms with Gasteiger partial charge in [-0.2, -0.15) is 0 Å². The Morgan fingerprint density at radius 3 is 2.31 bits per heavy atom. The molecule has 2 amide bonds. The second kappa shape index (κ2) is 11.0. The van der Waals surface area contributed by atoms with Crippen molar-refractivity contribution < 1.29 is 19.1 Å². The van der Waals surface area contributed by atoms with E-state index < -0.39 is 12.2 Å². The lowest BCUT2D eigenvalue weighted by molar-refractivity contribution is -0.143. The number of ether oxygens (including phenoxy) is 1. The highest BCUT2D eigenvalue weighted by molar-refractivity contribution is 9.10. The Morgan fingerprint density at radius 1 is 1.19 bits per heavy atom. The molecular formula is C19H27BrN2O4. The zero-order valence-electron chi connectivity index (χ0n) is 15.8. The van der Waals surface area contributed by atoms with Gasteiger partial charge >= 0.3 is 6.09 Å². The molecule has 0 fully saturated rings. The van der Waals surface area contributed by atoms with Gasteiger partial charge in [0, 0.05) is 16.7 Å². The number of rotatable bonds is 9. The van der Waals surface area contributed by atoms with Crippen molar-refractivity contribution in [1.82, 2.24) is 4.90 Å². The molecule has 6 nitrogen and oxygen atoms in total. The van der Waals surface area contributed by atoms with E-state index in [2.05, 4.69) is 21.2 Å². The molecule has 0 aliphatic carbocycles. The number of Topliss-reactive ketones (excluding diaryl/α,β-unsaturated/α-hetero) is 1. The van der Waals surface area contributed by atoms with Crippen LogP contribution in [0.5, 0.6) is 0 Å². The Bertz CT molecular complexity index is 616. The molecule has 0 saturated heterocycles. The summed E-state index contributed by atoms with van der Waals surface area (Å²) in [5.74, 6) is -0.277. The van der Waals surface area contributed by atoms with Gasteiger partial charge in [0.25, 0.3) is 5.91 Å². The molecule has 144 valence electrons. The van der Waals surface area contributed by atoms with E-state index in [0.717, 1.165) is 10.9 Å². The number of hydrogen-bond donors (Lipinski definition) is 1. The molecule has 7 heteroatoms. The van der Waals surface area contributed by atoms with Crippen molar-refractivity contribution in [2.45, 2.75) is 46.6 Å². The zero-order chi connectivity index (χ0) is 19.7. The van der Waals surface area contributed by atoms with Crippen molar-refractivity contribution in [3.63, 3.8) is 0 Å². The number of benzene rings is 1. The highest BCUT2D eigenvalue weighted by Crippen LogP contribution is 2.16. The molecule has 26 heavy (non-hydrogen) atoms. The molecule has 0 bridgehead atoms. The number of nitrogens with zero attached hydrogens (tertiary/aromatic N) is 1. The normalized spacial score (nSPS) is 11.8. The highest BCUT2D eigenvalue weighted by atomic mass is 79.9. The number of halogens is 1. The first kappa shape index (κ1) is 22.2. The molecular weight excluding hydrogens is 400 g/mol. The van der Waals surface area contributed by atoms with Gasteiger partial charge in [0.15, 0.2) is 6.10 Å². The smallest absolute Gasteiger partial charge is 0.412 e. The van der Waals surface area contributed by atoms with Crippen molar-refractivity contribution in [2.75, 3.05) is 18.4 Å². The van der Waals surface area contributed by atoms with E-state index in [1.165, 1.54) is 11.8 Å². The summed E-state index contributed by atoms with van der Waals surface area (Å²) in [5, 5.41) is 2.62. The van der Waals surface area contributed by atoms with Gasteiger partial charge in [0.05, 0.1) is 6.54 Å². The fraction of sp³-hybridized carbons (Fsp3) is 0.526. The number of hydrogen-bond acceptors (Lipinski definition) is 4. The Balaban J connectivity index is 2.83. The van der Waals surface area contributed by atoms with Crippen LogP contribution in [-0.4, -0.2) is 41.9 Å². The molecule has 1 N–H and O–H groups in total. The molecule has 0 aliphatic heterocycles. The van der Waals surface area contributed by atoms with E-state index in [4.69, 9.17) is 4.74 Å². The highest BCUT2D eigenvalue weighted by Gasteiger charge is 2.29. The van der Waals surface area contributed by atoms with Crippen LogP contribution >= 0.6 is 15.9 Å². The molecule has 1 aromatic carbocycles. The first-order valence-electron chi connectivity index (χ1n) is 8.74. The average molecular weight is 427 g/mol. The van der Waals surface area contributed by atoms with E-state index in [1.807, 2.05) is 20.8 Å². The Morgan fingerprint density at radius 2 is 1.81 bits per heavy atom. The molecule has 0 heterocycles. The van der Waals surface area contributed by atoms with Crippen LogP contribution in [0.25, 0.3) is 0 Å². The maximum absolute atomic E-state index is 12.8. The van der Waals surface area contributed by atoms with Gasteiger partial charge in [-0.1, -0.05) is 36.7 Å². The van der Waals surface area contributed by atoms with Gasteiger partial charge in [-0.25, -0.2) is 4.79 Å². The fourth-order valence-corrected chi connectivity index (χ4v) is 2.71. The largest absolute Gasteiger partial charge is 0.436 e. The van der Waals surface area contributed by atoms with Crippen molar-refractivity contribution >= 4 is 39.4 Å². The van der Waals surface area contributed by atoms with Crippen LogP contribution in [0.3, 0.4) is 0 Å². The Kier molecular flexibility index (Phi) is 9.34. The summed E-state index contributed by atoms with van der Waals surface area (Å²) < 4.78 is 6.29. The van der Waals surface area contributed by atoms with Crippen LogP contribution in [0.15, 0.2) is 28.7 Å². The predicted molar refractivity (Wildman–Crippen MR) is 105 cm³/mol. The summed E-state index contributed by atoms with van der Waals surface area (Å²) in [5.41, 5.74) is 0.572. The van der Waals surface area contributed by atoms with Crippen LogP contribution in [-0.2, 0) is 14.3 Å². The van der Waals surface area contributed by atoms with Crippen LogP contribution < -0.4 is 5.32 Å². The summed E-state index contributed by atoms with van der Waals surface area (Å²) in [4.78, 5) is 37.9. The maximum Gasteiger partial charge on any atom is 0.412 e. The second-order valence-electron chi connectivity index (χ2n) is 6.62. The van der Waals surface area contributed by atoms with Gasteiger partial charge in [-0.15, -0.1) is 0 Å². The number of anilines is 1. The minimum Gasteiger partial charge on any atom is -0.436 e. The fourth-order valence-electron chi connectivity index (χ4n) is 2.45. The number of ketones is 1. The first-order valence-corrected chi connectivity index (χ1v) is 9.53. The van der Waals surface area contributed by atoms with Gasteiger partial charge < -0.3 is 9.64 Å². The van der Waals surface area contributed by atoms with Gasteiger partial charge in [-0.3, -0.25) is 14.9 Å². The summed E-state index contributed by atoms with van der Waals surface area (Å²) in [6, 6.07) is 7.04. The van der Waals surface area contributed by atoms with Crippen molar-refractivity contribution in [2.24, 2.45) is 5.92 Å². The number of amides is 2. The third kappa shape index (κ3) is 7.99. The molecule has 0 spiro atoms. The van der Waals surface area contributed by atoms with Crippen LogP contribution in [0, 0.1) is 5.92 Å². The number of nitrogens with one attached hydrogen (secondary N) is 1. The molecule has 1 atom stereocenters. The third-order valence-electron chi connectivity index (χ3n) is 3.52. The van der Waals surface area contributed by atoms with E-state index >= 15 is 0 Å². The standard InChI is InChI=1S/C19H27BrN2O4/c1-5-10-22(12-14(4)23)18(24)17(11-13(2)3)26-19(25)21-16-8-6-15(20)7-9-16/h6-9,13,17H,5,10-12H2,1-4H3,(H,21,25)/t17-/m0/s1. The number of carbonyl (C=O) groups is 3.